The minimum absolute atomic E-state index is 0.00876. The molecule has 2 N–H and O–H groups in total. The standard InChI is InChI=1S/C18H18Cl2N6O2S2/c1-3-26-13(7-14(27)22-12-6-4-5-11(19)16(12)20)24-25-18(26)30-9-15(28)23-17-21-10(2)8-29-17/h4-6,8H,3,7,9H2,1-2H3,(H,22,27)(H,21,23,28). The highest BCUT2D eigenvalue weighted by atomic mass is 35.5. The molecule has 2 aromatic heterocycles. The van der Waals surface area contributed by atoms with Gasteiger partial charge in [-0.15, -0.1) is 21.5 Å². The van der Waals surface area contributed by atoms with Crippen molar-refractivity contribution in [2.24, 2.45) is 0 Å². The third-order valence-corrected chi connectivity index (χ3v) is 6.51. The van der Waals surface area contributed by atoms with Gasteiger partial charge < -0.3 is 15.2 Å². The zero-order valence-electron chi connectivity index (χ0n) is 16.1. The number of carbonyl (C=O) groups excluding carboxylic acids is 2. The second kappa shape index (κ2) is 10.3. The summed E-state index contributed by atoms with van der Waals surface area (Å²) in [6.07, 6.45) is 0.00876. The summed E-state index contributed by atoms with van der Waals surface area (Å²) in [5.41, 5.74) is 1.29. The Labute approximate surface area is 191 Å². The van der Waals surface area contributed by atoms with Gasteiger partial charge in [-0.2, -0.15) is 0 Å². The average molecular weight is 485 g/mol. The van der Waals surface area contributed by atoms with Crippen LogP contribution in [0.4, 0.5) is 10.8 Å². The Balaban J connectivity index is 1.60. The van der Waals surface area contributed by atoms with Gasteiger partial charge >= 0.3 is 0 Å². The van der Waals surface area contributed by atoms with Crippen LogP contribution in [0.3, 0.4) is 0 Å². The maximum absolute atomic E-state index is 12.4. The summed E-state index contributed by atoms with van der Waals surface area (Å²) < 4.78 is 1.80. The number of aromatic nitrogens is 4. The second-order valence-corrected chi connectivity index (χ2v) is 8.69. The van der Waals surface area contributed by atoms with E-state index in [-0.39, 0.29) is 29.0 Å². The minimum atomic E-state index is -0.297. The Kier molecular flexibility index (Phi) is 7.70. The van der Waals surface area contributed by atoms with E-state index in [9.17, 15) is 9.59 Å². The van der Waals surface area contributed by atoms with Gasteiger partial charge in [0.1, 0.15) is 5.82 Å². The molecular formula is C18H18Cl2N6O2S2. The summed E-state index contributed by atoms with van der Waals surface area (Å²) in [7, 11) is 0. The van der Waals surface area contributed by atoms with E-state index in [0.717, 1.165) is 5.69 Å². The highest BCUT2D eigenvalue weighted by Gasteiger charge is 2.17. The van der Waals surface area contributed by atoms with Crippen LogP contribution >= 0.6 is 46.3 Å². The van der Waals surface area contributed by atoms with Crippen molar-refractivity contribution < 1.29 is 9.59 Å². The van der Waals surface area contributed by atoms with Gasteiger partial charge in [0.15, 0.2) is 10.3 Å². The fourth-order valence-corrected chi connectivity index (χ4v) is 4.38. The number of anilines is 2. The lowest BCUT2D eigenvalue weighted by Gasteiger charge is -2.09. The smallest absolute Gasteiger partial charge is 0.236 e. The van der Waals surface area contributed by atoms with Crippen molar-refractivity contribution in [2.45, 2.75) is 32.0 Å². The molecule has 30 heavy (non-hydrogen) atoms. The number of benzene rings is 1. The Hall–Kier alpha value is -2.14. The van der Waals surface area contributed by atoms with E-state index >= 15 is 0 Å². The molecule has 0 aliphatic heterocycles. The molecule has 0 unspecified atom stereocenters. The predicted molar refractivity (Wildman–Crippen MR) is 121 cm³/mol. The summed E-state index contributed by atoms with van der Waals surface area (Å²) in [5, 5.41) is 17.3. The van der Waals surface area contributed by atoms with Gasteiger partial charge in [0.2, 0.25) is 11.8 Å². The molecule has 0 radical (unpaired) electrons. The highest BCUT2D eigenvalue weighted by Crippen LogP contribution is 2.29. The van der Waals surface area contributed by atoms with Gasteiger partial charge in [-0.1, -0.05) is 41.0 Å². The Morgan fingerprint density at radius 2 is 2.00 bits per heavy atom. The second-order valence-electron chi connectivity index (χ2n) is 6.10. The zero-order chi connectivity index (χ0) is 21.7. The normalized spacial score (nSPS) is 10.8. The largest absolute Gasteiger partial charge is 0.324 e. The van der Waals surface area contributed by atoms with E-state index in [2.05, 4.69) is 25.8 Å². The molecule has 2 heterocycles. The average Bonchev–Trinajstić information content (AvgIpc) is 3.29. The van der Waals surface area contributed by atoms with Crippen molar-refractivity contribution in [1.29, 1.82) is 0 Å². The summed E-state index contributed by atoms with van der Waals surface area (Å²) in [5.74, 6) is 0.164. The lowest BCUT2D eigenvalue weighted by molar-refractivity contribution is -0.116. The number of carbonyl (C=O) groups is 2. The fraction of sp³-hybridized carbons (Fsp3) is 0.278. The van der Waals surface area contributed by atoms with Gasteiger partial charge in [0.05, 0.1) is 33.6 Å². The molecule has 2 amide bonds. The number of nitrogens with zero attached hydrogens (tertiary/aromatic N) is 4. The molecule has 12 heteroatoms. The van der Waals surface area contributed by atoms with Crippen LogP contribution in [0.25, 0.3) is 0 Å². The van der Waals surface area contributed by atoms with E-state index in [4.69, 9.17) is 23.2 Å². The topological polar surface area (TPSA) is 102 Å². The zero-order valence-corrected chi connectivity index (χ0v) is 19.3. The highest BCUT2D eigenvalue weighted by molar-refractivity contribution is 7.99. The van der Waals surface area contributed by atoms with Crippen LogP contribution in [0.5, 0.6) is 0 Å². The summed E-state index contributed by atoms with van der Waals surface area (Å²) >= 11 is 14.7. The van der Waals surface area contributed by atoms with Gasteiger partial charge in [0.25, 0.3) is 0 Å². The number of hydrogen-bond acceptors (Lipinski definition) is 7. The molecule has 1 aromatic carbocycles. The quantitative estimate of drug-likeness (QED) is 0.462. The Morgan fingerprint density at radius 1 is 1.20 bits per heavy atom. The van der Waals surface area contributed by atoms with Crippen LogP contribution < -0.4 is 10.6 Å². The number of nitrogens with one attached hydrogen (secondary N) is 2. The number of hydrogen-bond donors (Lipinski definition) is 2. The number of rotatable bonds is 8. The van der Waals surface area contributed by atoms with Crippen LogP contribution in [0, 0.1) is 6.92 Å². The first-order chi connectivity index (χ1) is 14.4. The molecule has 0 aliphatic rings. The van der Waals surface area contributed by atoms with E-state index in [1.165, 1.54) is 23.1 Å². The molecule has 158 valence electrons. The van der Waals surface area contributed by atoms with E-state index in [0.29, 0.717) is 33.4 Å². The molecule has 3 aromatic rings. The minimum Gasteiger partial charge on any atom is -0.324 e. The van der Waals surface area contributed by atoms with E-state index < -0.39 is 0 Å². The number of thiazole rings is 1. The molecule has 0 aliphatic carbocycles. The lowest BCUT2D eigenvalue weighted by Crippen LogP contribution is -2.18. The number of aryl methyl sites for hydroxylation is 1. The summed E-state index contributed by atoms with van der Waals surface area (Å²) in [4.78, 5) is 28.8. The van der Waals surface area contributed by atoms with Crippen LogP contribution in [-0.4, -0.2) is 37.3 Å². The van der Waals surface area contributed by atoms with Gasteiger partial charge in [-0.25, -0.2) is 4.98 Å². The van der Waals surface area contributed by atoms with Gasteiger partial charge in [0, 0.05) is 11.9 Å². The van der Waals surface area contributed by atoms with Crippen molar-refractivity contribution in [3.8, 4) is 0 Å². The lowest BCUT2D eigenvalue weighted by atomic mass is 10.3. The Morgan fingerprint density at radius 3 is 2.70 bits per heavy atom. The van der Waals surface area contributed by atoms with Crippen molar-refractivity contribution in [2.75, 3.05) is 16.4 Å². The van der Waals surface area contributed by atoms with Gasteiger partial charge in [-0.05, 0) is 26.0 Å². The first kappa shape index (κ1) is 22.5. The molecule has 0 fully saturated rings. The first-order valence-electron chi connectivity index (χ1n) is 8.88. The van der Waals surface area contributed by atoms with Crippen molar-refractivity contribution in [1.82, 2.24) is 19.7 Å². The van der Waals surface area contributed by atoms with Crippen molar-refractivity contribution in [3.63, 3.8) is 0 Å². The maximum Gasteiger partial charge on any atom is 0.236 e. The van der Waals surface area contributed by atoms with Crippen LogP contribution in [0.2, 0.25) is 10.0 Å². The van der Waals surface area contributed by atoms with Crippen LogP contribution in [-0.2, 0) is 22.6 Å². The number of amides is 2. The molecule has 0 saturated heterocycles. The third kappa shape index (κ3) is 5.72. The first-order valence-corrected chi connectivity index (χ1v) is 11.5. The molecule has 8 nitrogen and oxygen atoms in total. The fourth-order valence-electron chi connectivity index (χ4n) is 2.51. The van der Waals surface area contributed by atoms with Crippen LogP contribution in [0.15, 0.2) is 28.7 Å². The summed E-state index contributed by atoms with van der Waals surface area (Å²) in [6, 6.07) is 5.01. The monoisotopic (exact) mass is 484 g/mol. The SMILES string of the molecule is CCn1c(CC(=O)Nc2cccc(Cl)c2Cl)nnc1SCC(=O)Nc1nc(C)cs1. The number of halogens is 2. The summed E-state index contributed by atoms with van der Waals surface area (Å²) in [6.45, 7) is 4.34. The maximum atomic E-state index is 12.4. The number of thioether (sulfide) groups is 1. The molecular weight excluding hydrogens is 467 g/mol. The van der Waals surface area contributed by atoms with Crippen LogP contribution in [0.1, 0.15) is 18.4 Å². The van der Waals surface area contributed by atoms with E-state index in [1.807, 2.05) is 19.2 Å². The predicted octanol–water partition coefficient (Wildman–Crippen LogP) is 4.28. The Bertz CT molecular complexity index is 1070. The molecule has 0 bridgehead atoms. The van der Waals surface area contributed by atoms with Gasteiger partial charge in [-0.3, -0.25) is 9.59 Å². The molecule has 3 rings (SSSR count). The van der Waals surface area contributed by atoms with Crippen molar-refractivity contribution in [3.05, 3.63) is 45.1 Å². The van der Waals surface area contributed by atoms with E-state index in [1.54, 1.807) is 22.8 Å². The molecule has 0 spiro atoms. The van der Waals surface area contributed by atoms with Crippen molar-refractivity contribution >= 4 is 68.9 Å². The molecule has 0 saturated carbocycles. The third-order valence-electron chi connectivity index (χ3n) is 3.85. The molecule has 0 atom stereocenters.